The molecule has 1 atom stereocenters. The van der Waals surface area contributed by atoms with Gasteiger partial charge in [-0.25, -0.2) is 4.79 Å². The molecule has 0 radical (unpaired) electrons. The highest BCUT2D eigenvalue weighted by molar-refractivity contribution is 6.68. The summed E-state index contributed by atoms with van der Waals surface area (Å²) in [5.74, 6) is -0.376. The molecular formula is C12H24O4Si. The fourth-order valence-electron chi connectivity index (χ4n) is 1.77. The van der Waals surface area contributed by atoms with Crippen LogP contribution in [0, 0.1) is 0 Å². The second-order valence-electron chi connectivity index (χ2n) is 4.05. The molecule has 0 saturated heterocycles. The van der Waals surface area contributed by atoms with Gasteiger partial charge in [0.25, 0.3) is 0 Å². The molecule has 0 aromatic carbocycles. The summed E-state index contributed by atoms with van der Waals surface area (Å²) < 4.78 is 16.6. The Morgan fingerprint density at radius 2 is 1.82 bits per heavy atom. The number of esters is 1. The van der Waals surface area contributed by atoms with Crippen molar-refractivity contribution in [2.45, 2.75) is 45.4 Å². The van der Waals surface area contributed by atoms with Crippen LogP contribution in [-0.2, 0) is 18.4 Å². The van der Waals surface area contributed by atoms with E-state index in [2.05, 4.69) is 13.5 Å². The van der Waals surface area contributed by atoms with E-state index in [9.17, 15) is 4.79 Å². The van der Waals surface area contributed by atoms with Crippen LogP contribution in [0.25, 0.3) is 0 Å². The lowest BCUT2D eigenvalue weighted by Gasteiger charge is -2.33. The van der Waals surface area contributed by atoms with Crippen LogP contribution in [0.5, 0.6) is 0 Å². The number of carbonyl (C=O) groups excluding carboxylic acids is 1. The average molecular weight is 260 g/mol. The minimum absolute atomic E-state index is 0.290. The summed E-state index contributed by atoms with van der Waals surface area (Å²) in [7, 11) is 0.790. The molecule has 4 nitrogen and oxygen atoms in total. The molecular weight excluding hydrogens is 236 g/mol. The third kappa shape index (κ3) is 4.26. The molecule has 0 amide bonds. The molecule has 0 aliphatic rings. The van der Waals surface area contributed by atoms with E-state index < -0.39 is 8.56 Å². The van der Waals surface area contributed by atoms with E-state index in [-0.39, 0.29) is 11.7 Å². The summed E-state index contributed by atoms with van der Waals surface area (Å²) in [4.78, 5) is 11.6. The summed E-state index contributed by atoms with van der Waals surface area (Å²) in [6.45, 7) is 9.24. The van der Waals surface area contributed by atoms with Gasteiger partial charge < -0.3 is 13.6 Å². The molecule has 0 fully saturated rings. The van der Waals surface area contributed by atoms with Gasteiger partial charge in [-0.05, 0) is 19.4 Å². The molecule has 0 aromatic rings. The highest BCUT2D eigenvalue weighted by Gasteiger charge is 2.45. The van der Waals surface area contributed by atoms with Crippen molar-refractivity contribution in [2.75, 3.05) is 14.2 Å². The zero-order valence-corrected chi connectivity index (χ0v) is 12.5. The topological polar surface area (TPSA) is 44.8 Å². The van der Waals surface area contributed by atoms with E-state index >= 15 is 0 Å². The molecule has 0 rings (SSSR count). The lowest BCUT2D eigenvalue weighted by Crippen LogP contribution is -2.53. The molecule has 17 heavy (non-hydrogen) atoms. The van der Waals surface area contributed by atoms with Crippen molar-refractivity contribution in [3.8, 4) is 0 Å². The zero-order chi connectivity index (χ0) is 13.5. The van der Waals surface area contributed by atoms with Gasteiger partial charge in [0.2, 0.25) is 0 Å². The largest absolute Gasteiger partial charge is 0.457 e. The third-order valence-electron chi connectivity index (χ3n) is 2.75. The molecule has 1 unspecified atom stereocenters. The molecule has 0 N–H and O–H groups in total. The zero-order valence-electron chi connectivity index (χ0n) is 11.5. The van der Waals surface area contributed by atoms with Crippen LogP contribution in [0.15, 0.2) is 12.2 Å². The first-order valence-electron chi connectivity index (χ1n) is 5.94. The van der Waals surface area contributed by atoms with Gasteiger partial charge in [-0.2, -0.15) is 0 Å². The van der Waals surface area contributed by atoms with Crippen molar-refractivity contribution in [3.63, 3.8) is 0 Å². The lowest BCUT2D eigenvalue weighted by atomic mass is 10.4. The van der Waals surface area contributed by atoms with Crippen LogP contribution < -0.4 is 0 Å². The second-order valence-corrected chi connectivity index (χ2v) is 7.64. The normalized spacial score (nSPS) is 13.2. The highest BCUT2D eigenvalue weighted by atomic mass is 28.4. The molecule has 0 aromatic heterocycles. The lowest BCUT2D eigenvalue weighted by molar-refractivity contribution is -0.142. The Balaban J connectivity index is 4.90. The predicted octanol–water partition coefficient (Wildman–Crippen LogP) is 2.57. The summed E-state index contributed by atoms with van der Waals surface area (Å²) in [5.41, 5.74) is 0.108. The van der Waals surface area contributed by atoms with Crippen LogP contribution in [0.4, 0.5) is 0 Å². The van der Waals surface area contributed by atoms with Crippen molar-refractivity contribution in [1.82, 2.24) is 0 Å². The number of hydrogen-bond acceptors (Lipinski definition) is 4. The Morgan fingerprint density at radius 1 is 1.29 bits per heavy atom. The molecule has 100 valence electrons. The van der Waals surface area contributed by atoms with Crippen molar-refractivity contribution in [2.24, 2.45) is 0 Å². The van der Waals surface area contributed by atoms with E-state index in [0.29, 0.717) is 12.0 Å². The molecule has 0 saturated carbocycles. The molecule has 0 bridgehead atoms. The SMILES string of the molecule is C=C(C)C(=O)OC(CC)[Si](CCC)(OC)OC. The van der Waals surface area contributed by atoms with Gasteiger partial charge in [-0.3, -0.25) is 0 Å². The van der Waals surface area contributed by atoms with E-state index in [1.807, 2.05) is 6.92 Å². The quantitative estimate of drug-likeness (QED) is 0.382. The van der Waals surface area contributed by atoms with Gasteiger partial charge in [0.05, 0.1) is 0 Å². The first-order chi connectivity index (χ1) is 7.97. The maximum absolute atomic E-state index is 11.6. The maximum Gasteiger partial charge on any atom is 0.379 e. The second kappa shape index (κ2) is 7.63. The maximum atomic E-state index is 11.6. The van der Waals surface area contributed by atoms with Crippen molar-refractivity contribution in [1.29, 1.82) is 0 Å². The molecule has 5 heteroatoms. The summed E-state index contributed by atoms with van der Waals surface area (Å²) >= 11 is 0. The fraction of sp³-hybridized carbons (Fsp3) is 0.750. The number of rotatable bonds is 8. The van der Waals surface area contributed by atoms with Crippen LogP contribution in [0.3, 0.4) is 0 Å². The smallest absolute Gasteiger partial charge is 0.379 e. The van der Waals surface area contributed by atoms with Crippen LogP contribution >= 0.6 is 0 Å². The number of ether oxygens (including phenoxy) is 1. The summed E-state index contributed by atoms with van der Waals surface area (Å²) in [6.07, 6.45) is 1.63. The van der Waals surface area contributed by atoms with Crippen molar-refractivity contribution >= 4 is 14.5 Å². The minimum Gasteiger partial charge on any atom is -0.457 e. The Bertz CT molecular complexity index is 261. The fourth-order valence-corrected chi connectivity index (χ4v) is 4.80. The Morgan fingerprint density at radius 3 is 2.12 bits per heavy atom. The van der Waals surface area contributed by atoms with Gasteiger partial charge in [0.1, 0.15) is 5.73 Å². The first kappa shape index (κ1) is 16.3. The van der Waals surface area contributed by atoms with Gasteiger partial charge >= 0.3 is 14.5 Å². The standard InChI is InChI=1S/C12H24O4Si/c1-7-9-17(14-5,15-6)11(8-2)16-12(13)10(3)4/h11H,3,7-9H2,1-2,4-6H3. The highest BCUT2D eigenvalue weighted by Crippen LogP contribution is 2.24. The summed E-state index contributed by atoms with van der Waals surface area (Å²) in [6, 6.07) is 0.808. The van der Waals surface area contributed by atoms with Gasteiger partial charge in [-0.1, -0.05) is 26.8 Å². The number of carbonyl (C=O) groups is 1. The average Bonchev–Trinajstić information content (AvgIpc) is 2.33. The van der Waals surface area contributed by atoms with Gasteiger partial charge in [0.15, 0.2) is 0 Å². The summed E-state index contributed by atoms with van der Waals surface area (Å²) in [5, 5.41) is 0. The third-order valence-corrected chi connectivity index (χ3v) is 6.83. The van der Waals surface area contributed by atoms with E-state index in [1.165, 1.54) is 0 Å². The molecule has 0 spiro atoms. The van der Waals surface area contributed by atoms with E-state index in [0.717, 1.165) is 12.5 Å². The molecule has 0 heterocycles. The van der Waals surface area contributed by atoms with Crippen molar-refractivity contribution in [3.05, 3.63) is 12.2 Å². The van der Waals surface area contributed by atoms with E-state index in [1.54, 1.807) is 21.1 Å². The van der Waals surface area contributed by atoms with Crippen LogP contribution in [0.1, 0.15) is 33.6 Å². The molecule has 0 aliphatic carbocycles. The predicted molar refractivity (Wildman–Crippen MR) is 69.9 cm³/mol. The Kier molecular flexibility index (Phi) is 7.34. The minimum atomic E-state index is -2.47. The monoisotopic (exact) mass is 260 g/mol. The van der Waals surface area contributed by atoms with Gasteiger partial charge in [-0.15, -0.1) is 0 Å². The Hall–Kier alpha value is -0.653. The van der Waals surface area contributed by atoms with Gasteiger partial charge in [0, 0.05) is 19.8 Å². The number of hydrogen-bond donors (Lipinski definition) is 0. The molecule has 0 aliphatic heterocycles. The van der Waals surface area contributed by atoms with Crippen molar-refractivity contribution < 1.29 is 18.4 Å². The van der Waals surface area contributed by atoms with E-state index in [4.69, 9.17) is 13.6 Å². The first-order valence-corrected chi connectivity index (χ1v) is 8.04. The van der Waals surface area contributed by atoms with Crippen LogP contribution in [0.2, 0.25) is 6.04 Å². The van der Waals surface area contributed by atoms with Crippen LogP contribution in [-0.4, -0.2) is 34.5 Å². The Labute approximate surface area is 105 Å².